The number of hydrogen-bond donors (Lipinski definition) is 0. The molecule has 0 aliphatic rings. The highest BCUT2D eigenvalue weighted by atomic mass is 16.6. The van der Waals surface area contributed by atoms with Gasteiger partial charge in [0.15, 0.2) is 49.4 Å². The monoisotopic (exact) mass is 726 g/mol. The maximum atomic E-state index is 12.6. The summed E-state index contributed by atoms with van der Waals surface area (Å²) in [5, 5.41) is 3.03. The van der Waals surface area contributed by atoms with Crippen molar-refractivity contribution in [1.82, 2.24) is 0 Å². The van der Waals surface area contributed by atoms with Crippen molar-refractivity contribution in [2.24, 2.45) is 0 Å². The largest absolute Gasteiger partial charge is 0.478 e. The van der Waals surface area contributed by atoms with Gasteiger partial charge in [-0.15, -0.1) is 0 Å². The average Bonchev–Trinajstić information content (AvgIpc) is 2.95. The van der Waals surface area contributed by atoms with Crippen LogP contribution in [0.1, 0.15) is 94.2 Å². The number of fused-ring (bicyclic) bond motifs is 2. The lowest BCUT2D eigenvalue weighted by Gasteiger charge is -2.22. The van der Waals surface area contributed by atoms with Crippen LogP contribution < -0.4 is 18.9 Å². The van der Waals surface area contributed by atoms with Crippen molar-refractivity contribution in [2.45, 2.75) is 119 Å². The summed E-state index contributed by atoms with van der Waals surface area (Å²) in [6.07, 6.45) is 0. The van der Waals surface area contributed by atoms with Gasteiger partial charge in [0, 0.05) is 0 Å². The number of carbonyl (C=O) groups excluding carboxylic acids is 4. The molecule has 3 aromatic carbocycles. The lowest BCUT2D eigenvalue weighted by atomic mass is 9.92. The van der Waals surface area contributed by atoms with E-state index >= 15 is 0 Å². The summed E-state index contributed by atoms with van der Waals surface area (Å²) in [5.41, 5.74) is -1.26. The second kappa shape index (κ2) is 15.9. The molecule has 0 aliphatic carbocycles. The van der Waals surface area contributed by atoms with E-state index in [0.717, 1.165) is 32.7 Å². The van der Waals surface area contributed by atoms with Crippen LogP contribution in [0, 0.1) is 13.8 Å². The van der Waals surface area contributed by atoms with Gasteiger partial charge in [-0.2, -0.15) is 0 Å². The summed E-state index contributed by atoms with van der Waals surface area (Å²) >= 11 is 0. The minimum atomic E-state index is -0.717. The van der Waals surface area contributed by atoms with Gasteiger partial charge in [-0.05, 0) is 154 Å². The maximum Gasteiger partial charge on any atom is 0.344 e. The van der Waals surface area contributed by atoms with Crippen LogP contribution >= 0.6 is 0 Å². The molecule has 0 amide bonds. The van der Waals surface area contributed by atoms with Crippen LogP contribution in [0.4, 0.5) is 0 Å². The average molecular weight is 727 g/mol. The van der Waals surface area contributed by atoms with Gasteiger partial charge < -0.3 is 37.9 Å². The number of rotatable bonds is 12. The van der Waals surface area contributed by atoms with E-state index < -0.39 is 72.7 Å². The predicted molar refractivity (Wildman–Crippen MR) is 196 cm³/mol. The molecule has 12 nitrogen and oxygen atoms in total. The molecule has 0 unspecified atom stereocenters. The molecule has 0 bridgehead atoms. The molecule has 0 saturated heterocycles. The highest BCUT2D eigenvalue weighted by Crippen LogP contribution is 2.43. The number of esters is 4. The summed E-state index contributed by atoms with van der Waals surface area (Å²) in [5.74, 6) is -1.48. The lowest BCUT2D eigenvalue weighted by Crippen LogP contribution is -2.28. The Morgan fingerprint density at radius 2 is 0.558 bits per heavy atom. The molecular weight excluding hydrogens is 672 g/mol. The molecule has 3 rings (SSSR count). The minimum absolute atomic E-state index is 0.211. The first-order valence-corrected chi connectivity index (χ1v) is 17.1. The first-order chi connectivity index (χ1) is 23.7. The molecule has 0 heterocycles. The van der Waals surface area contributed by atoms with Gasteiger partial charge >= 0.3 is 23.9 Å². The van der Waals surface area contributed by atoms with Gasteiger partial charge in [-0.3, -0.25) is 0 Å². The molecule has 0 radical (unpaired) electrons. The van der Waals surface area contributed by atoms with E-state index in [2.05, 4.69) is 0 Å². The Balaban J connectivity index is 2.16. The Morgan fingerprint density at radius 1 is 0.385 bits per heavy atom. The Bertz CT molecular complexity index is 1550. The van der Waals surface area contributed by atoms with E-state index in [4.69, 9.17) is 37.9 Å². The number of aryl methyl sites for hydroxylation is 2. The predicted octanol–water partition coefficient (Wildman–Crippen LogP) is 7.49. The highest BCUT2D eigenvalue weighted by molar-refractivity contribution is 6.07. The van der Waals surface area contributed by atoms with Crippen molar-refractivity contribution in [3.63, 3.8) is 0 Å². The number of carbonyl (C=O) groups is 4. The van der Waals surface area contributed by atoms with Crippen LogP contribution in [0.15, 0.2) is 24.3 Å². The van der Waals surface area contributed by atoms with E-state index in [-0.39, 0.29) is 23.0 Å². The molecule has 286 valence electrons. The summed E-state index contributed by atoms with van der Waals surface area (Å²) < 4.78 is 45.4. The van der Waals surface area contributed by atoms with Crippen LogP contribution in [0.3, 0.4) is 0 Å². The van der Waals surface area contributed by atoms with E-state index in [1.807, 2.05) is 13.8 Å². The molecule has 0 saturated carbocycles. The molecule has 0 N–H and O–H groups in total. The zero-order valence-corrected chi connectivity index (χ0v) is 33.0. The number of benzene rings is 3. The molecule has 0 fully saturated rings. The van der Waals surface area contributed by atoms with Crippen LogP contribution in [0.25, 0.3) is 21.5 Å². The fourth-order valence-electron chi connectivity index (χ4n) is 5.13. The van der Waals surface area contributed by atoms with Crippen molar-refractivity contribution < 1.29 is 57.1 Å². The third-order valence-corrected chi connectivity index (χ3v) is 6.85. The fraction of sp³-hybridized carbons (Fsp3) is 0.550. The molecule has 12 heteroatoms. The first kappa shape index (κ1) is 41.7. The molecule has 3 aromatic rings. The lowest BCUT2D eigenvalue weighted by molar-refractivity contribution is -0.158. The van der Waals surface area contributed by atoms with E-state index in [1.54, 1.807) is 107 Å². The van der Waals surface area contributed by atoms with Crippen molar-refractivity contribution in [3.8, 4) is 23.0 Å². The maximum absolute atomic E-state index is 12.6. The number of hydrogen-bond acceptors (Lipinski definition) is 12. The van der Waals surface area contributed by atoms with Crippen molar-refractivity contribution in [3.05, 3.63) is 35.4 Å². The Kier molecular flexibility index (Phi) is 12.7. The third-order valence-electron chi connectivity index (χ3n) is 6.85. The zero-order valence-electron chi connectivity index (χ0n) is 33.0. The summed E-state index contributed by atoms with van der Waals surface area (Å²) in [7, 11) is 0. The van der Waals surface area contributed by atoms with Gasteiger partial charge in [-0.1, -0.05) is 0 Å². The summed E-state index contributed by atoms with van der Waals surface area (Å²) in [6.45, 7) is 23.3. The molecule has 0 spiro atoms. The second-order valence-corrected chi connectivity index (χ2v) is 16.4. The van der Waals surface area contributed by atoms with Gasteiger partial charge in [0.2, 0.25) is 0 Å². The normalized spacial score (nSPS) is 12.3. The molecule has 0 atom stereocenters. The van der Waals surface area contributed by atoms with E-state index in [0.29, 0.717) is 0 Å². The molecular formula is C40H54O12. The van der Waals surface area contributed by atoms with Crippen LogP contribution in [-0.2, 0) is 38.1 Å². The first-order valence-electron chi connectivity index (χ1n) is 17.1. The molecule has 0 aromatic heterocycles. The quantitative estimate of drug-likeness (QED) is 0.104. The smallest absolute Gasteiger partial charge is 0.344 e. The standard InChI is InChI=1S/C40H54O12/c1-23-25-15-29(45-19-33(41)49-37(3,4)5)31(47-21-35(43)51-39(9,10)11)17-27(25)24(2)28-18-32(48-22-36(44)52-40(12,13)14)30(16-26(23)28)46-20-34(42)50-38(6,7)8/h15-18H,19-22H2,1-14H3. The van der Waals surface area contributed by atoms with Crippen molar-refractivity contribution in [1.29, 1.82) is 0 Å². The summed E-state index contributed by atoms with van der Waals surface area (Å²) in [6, 6.07) is 6.94. The minimum Gasteiger partial charge on any atom is -0.478 e. The summed E-state index contributed by atoms with van der Waals surface area (Å²) in [4.78, 5) is 50.4. The van der Waals surface area contributed by atoms with Crippen molar-refractivity contribution in [2.75, 3.05) is 26.4 Å². The van der Waals surface area contributed by atoms with Gasteiger partial charge in [0.05, 0.1) is 0 Å². The fourth-order valence-corrected chi connectivity index (χ4v) is 5.13. The topological polar surface area (TPSA) is 142 Å². The van der Waals surface area contributed by atoms with Gasteiger partial charge in [0.25, 0.3) is 0 Å². The SMILES string of the molecule is Cc1c2cc(OCC(=O)OC(C)(C)C)c(OCC(=O)OC(C)(C)C)cc2c(C)c2cc(OCC(=O)OC(C)(C)C)c(OCC(=O)OC(C)(C)C)cc12. The van der Waals surface area contributed by atoms with Crippen LogP contribution in [0.5, 0.6) is 23.0 Å². The van der Waals surface area contributed by atoms with E-state index in [9.17, 15) is 19.2 Å². The number of ether oxygens (including phenoxy) is 8. The van der Waals surface area contributed by atoms with Crippen LogP contribution in [-0.4, -0.2) is 72.7 Å². The van der Waals surface area contributed by atoms with Gasteiger partial charge in [0.1, 0.15) is 22.4 Å². The Morgan fingerprint density at radius 3 is 0.712 bits per heavy atom. The highest BCUT2D eigenvalue weighted by Gasteiger charge is 2.24. The van der Waals surface area contributed by atoms with Crippen molar-refractivity contribution >= 4 is 45.4 Å². The second-order valence-electron chi connectivity index (χ2n) is 16.4. The molecule has 52 heavy (non-hydrogen) atoms. The Labute approximate surface area is 306 Å². The van der Waals surface area contributed by atoms with Gasteiger partial charge in [-0.25, -0.2) is 19.2 Å². The van der Waals surface area contributed by atoms with Crippen LogP contribution in [0.2, 0.25) is 0 Å². The van der Waals surface area contributed by atoms with E-state index in [1.165, 1.54) is 0 Å². The zero-order chi connectivity index (χ0) is 39.4. The Hall–Kier alpha value is -4.74. The molecule has 0 aliphatic heterocycles. The third kappa shape index (κ3) is 12.8.